The van der Waals surface area contributed by atoms with Gasteiger partial charge in [-0.3, -0.25) is 10.1 Å². The first kappa shape index (κ1) is 12.4. The highest BCUT2D eigenvalue weighted by molar-refractivity contribution is 5.70. The van der Waals surface area contributed by atoms with Crippen LogP contribution in [0.3, 0.4) is 0 Å². The van der Waals surface area contributed by atoms with Crippen molar-refractivity contribution < 1.29 is 14.4 Å². The molecule has 0 heterocycles. The van der Waals surface area contributed by atoms with E-state index in [-0.39, 0.29) is 5.70 Å². The van der Waals surface area contributed by atoms with E-state index in [1.54, 1.807) is 13.2 Å². The highest BCUT2D eigenvalue weighted by atomic mass is 16.6. The van der Waals surface area contributed by atoms with Crippen molar-refractivity contribution in [1.82, 2.24) is 0 Å². The quantitative estimate of drug-likeness (QED) is 0.607. The van der Waals surface area contributed by atoms with Crippen molar-refractivity contribution in [1.29, 1.82) is 0 Å². The Morgan fingerprint density at radius 3 is 2.56 bits per heavy atom. The number of methoxy groups -OCH3 is 2. The van der Waals surface area contributed by atoms with Crippen LogP contribution in [0.2, 0.25) is 0 Å². The molecule has 0 saturated heterocycles. The molecule has 0 aromatic heterocycles. The zero-order valence-electron chi connectivity index (χ0n) is 10.5. The summed E-state index contributed by atoms with van der Waals surface area (Å²) in [6.07, 6.45) is 2.86. The Hall–Kier alpha value is -2.04. The first-order valence-electron chi connectivity index (χ1n) is 5.70. The molecule has 0 fully saturated rings. The van der Waals surface area contributed by atoms with Crippen LogP contribution in [0.15, 0.2) is 12.6 Å². The minimum atomic E-state index is -0.501. The predicted molar refractivity (Wildman–Crippen MR) is 67.6 cm³/mol. The van der Waals surface area contributed by atoms with Crippen LogP contribution in [0.25, 0.3) is 5.70 Å². The fourth-order valence-corrected chi connectivity index (χ4v) is 2.42. The molecule has 1 aliphatic carbocycles. The first-order chi connectivity index (χ1) is 8.60. The SMILES string of the molecule is C=C(c1cc2c(c(OC)c1OC)CCC2)[N+](=O)[O-]. The van der Waals surface area contributed by atoms with Crippen LogP contribution in [-0.2, 0) is 12.8 Å². The fourth-order valence-electron chi connectivity index (χ4n) is 2.42. The van der Waals surface area contributed by atoms with E-state index < -0.39 is 4.92 Å². The maximum atomic E-state index is 10.9. The summed E-state index contributed by atoms with van der Waals surface area (Å²) < 4.78 is 10.6. The minimum Gasteiger partial charge on any atom is -0.493 e. The molecule has 0 amide bonds. The summed E-state index contributed by atoms with van der Waals surface area (Å²) in [7, 11) is 3.03. The number of benzene rings is 1. The van der Waals surface area contributed by atoms with Crippen LogP contribution < -0.4 is 9.47 Å². The standard InChI is InChI=1S/C13H15NO4/c1-8(14(15)16)11-7-9-5-4-6-10(9)12(17-2)13(11)18-3/h7H,1,4-6H2,2-3H3. The molecule has 18 heavy (non-hydrogen) atoms. The van der Waals surface area contributed by atoms with E-state index in [0.717, 1.165) is 30.4 Å². The zero-order valence-corrected chi connectivity index (χ0v) is 10.5. The molecule has 1 aromatic rings. The van der Waals surface area contributed by atoms with Gasteiger partial charge in [-0.15, -0.1) is 0 Å². The third kappa shape index (κ3) is 1.81. The molecule has 5 heteroatoms. The van der Waals surface area contributed by atoms with Crippen molar-refractivity contribution in [3.05, 3.63) is 39.4 Å². The topological polar surface area (TPSA) is 61.6 Å². The summed E-state index contributed by atoms with van der Waals surface area (Å²) >= 11 is 0. The molecular formula is C13H15NO4. The maximum Gasteiger partial charge on any atom is 0.273 e. The summed E-state index contributed by atoms with van der Waals surface area (Å²) in [4.78, 5) is 10.4. The Morgan fingerprint density at radius 2 is 2.00 bits per heavy atom. The van der Waals surface area contributed by atoms with Crippen molar-refractivity contribution in [3.8, 4) is 11.5 Å². The van der Waals surface area contributed by atoms with Gasteiger partial charge in [0.1, 0.15) is 0 Å². The number of nitrogens with zero attached hydrogens (tertiary/aromatic N) is 1. The second kappa shape index (κ2) is 4.68. The molecular weight excluding hydrogens is 234 g/mol. The largest absolute Gasteiger partial charge is 0.493 e. The Kier molecular flexibility index (Phi) is 3.23. The molecule has 0 saturated carbocycles. The minimum absolute atomic E-state index is 0.167. The second-order valence-corrected chi connectivity index (χ2v) is 4.19. The van der Waals surface area contributed by atoms with Gasteiger partial charge in [0, 0.05) is 5.56 Å². The van der Waals surface area contributed by atoms with Gasteiger partial charge in [-0.25, -0.2) is 0 Å². The van der Waals surface area contributed by atoms with Gasteiger partial charge in [0.25, 0.3) is 5.70 Å². The first-order valence-corrected chi connectivity index (χ1v) is 5.70. The maximum absolute atomic E-state index is 10.9. The molecule has 0 aliphatic heterocycles. The van der Waals surface area contributed by atoms with Gasteiger partial charge in [-0.1, -0.05) is 0 Å². The van der Waals surface area contributed by atoms with Gasteiger partial charge in [0.05, 0.1) is 24.7 Å². The van der Waals surface area contributed by atoms with Crippen molar-refractivity contribution in [2.24, 2.45) is 0 Å². The summed E-state index contributed by atoms with van der Waals surface area (Å²) in [6, 6.07) is 1.80. The van der Waals surface area contributed by atoms with Gasteiger partial charge in [0.15, 0.2) is 11.5 Å². The fraction of sp³-hybridized carbons (Fsp3) is 0.385. The lowest BCUT2D eigenvalue weighted by Gasteiger charge is -2.15. The highest BCUT2D eigenvalue weighted by Gasteiger charge is 2.27. The van der Waals surface area contributed by atoms with E-state index in [1.165, 1.54) is 7.11 Å². The number of nitro groups is 1. The number of aryl methyl sites for hydroxylation is 1. The van der Waals surface area contributed by atoms with Crippen LogP contribution in [-0.4, -0.2) is 19.1 Å². The molecule has 0 unspecified atom stereocenters. The number of ether oxygens (including phenoxy) is 2. The number of fused-ring (bicyclic) bond motifs is 1. The average molecular weight is 249 g/mol. The molecule has 0 spiro atoms. The van der Waals surface area contributed by atoms with Crippen LogP contribution in [0.5, 0.6) is 11.5 Å². The molecule has 0 atom stereocenters. The highest BCUT2D eigenvalue weighted by Crippen LogP contribution is 2.43. The van der Waals surface area contributed by atoms with Gasteiger partial charge in [-0.2, -0.15) is 0 Å². The molecule has 0 radical (unpaired) electrons. The Balaban J connectivity index is 2.66. The predicted octanol–water partition coefficient (Wildman–Crippen LogP) is 2.44. The molecule has 1 aromatic carbocycles. The third-order valence-electron chi connectivity index (χ3n) is 3.24. The van der Waals surface area contributed by atoms with Crippen LogP contribution >= 0.6 is 0 Å². The summed E-state index contributed by atoms with van der Waals surface area (Å²) in [5.41, 5.74) is 2.42. The monoisotopic (exact) mass is 249 g/mol. The van der Waals surface area contributed by atoms with E-state index in [2.05, 4.69) is 6.58 Å². The van der Waals surface area contributed by atoms with Gasteiger partial charge in [-0.05, 0) is 37.5 Å². The molecule has 5 nitrogen and oxygen atoms in total. The van der Waals surface area contributed by atoms with Gasteiger partial charge < -0.3 is 9.47 Å². The molecule has 96 valence electrons. The Labute approximate surface area is 105 Å². The van der Waals surface area contributed by atoms with E-state index in [9.17, 15) is 10.1 Å². The van der Waals surface area contributed by atoms with Crippen molar-refractivity contribution in [2.75, 3.05) is 14.2 Å². The van der Waals surface area contributed by atoms with E-state index in [4.69, 9.17) is 9.47 Å². The summed E-state index contributed by atoms with van der Waals surface area (Å²) in [6.45, 7) is 3.50. The molecule has 1 aliphatic rings. The number of hydrogen-bond acceptors (Lipinski definition) is 4. The Bertz CT molecular complexity index is 522. The smallest absolute Gasteiger partial charge is 0.273 e. The van der Waals surface area contributed by atoms with E-state index in [1.807, 2.05) is 0 Å². The zero-order chi connectivity index (χ0) is 13.3. The van der Waals surface area contributed by atoms with E-state index >= 15 is 0 Å². The lowest BCUT2D eigenvalue weighted by molar-refractivity contribution is -0.375. The average Bonchev–Trinajstić information content (AvgIpc) is 2.82. The third-order valence-corrected chi connectivity index (χ3v) is 3.24. The number of hydrogen-bond donors (Lipinski definition) is 0. The normalized spacial score (nSPS) is 13.0. The lowest BCUT2D eigenvalue weighted by Crippen LogP contribution is -2.04. The second-order valence-electron chi connectivity index (χ2n) is 4.19. The van der Waals surface area contributed by atoms with Crippen LogP contribution in [0.4, 0.5) is 0 Å². The van der Waals surface area contributed by atoms with Crippen molar-refractivity contribution in [3.63, 3.8) is 0 Å². The van der Waals surface area contributed by atoms with Crippen LogP contribution in [0, 0.1) is 10.1 Å². The summed E-state index contributed by atoms with van der Waals surface area (Å²) in [5, 5.41) is 10.9. The Morgan fingerprint density at radius 1 is 1.33 bits per heavy atom. The van der Waals surface area contributed by atoms with Crippen molar-refractivity contribution >= 4 is 5.70 Å². The van der Waals surface area contributed by atoms with Gasteiger partial charge in [0.2, 0.25) is 0 Å². The van der Waals surface area contributed by atoms with Crippen LogP contribution in [0.1, 0.15) is 23.1 Å². The molecule has 0 bridgehead atoms. The molecule has 0 N–H and O–H groups in total. The summed E-state index contributed by atoms with van der Waals surface area (Å²) in [5.74, 6) is 1.00. The van der Waals surface area contributed by atoms with Crippen molar-refractivity contribution in [2.45, 2.75) is 19.3 Å². The lowest BCUT2D eigenvalue weighted by atomic mass is 10.0. The van der Waals surface area contributed by atoms with Gasteiger partial charge >= 0.3 is 0 Å². The number of rotatable bonds is 4. The molecule has 2 rings (SSSR count). The van der Waals surface area contributed by atoms with E-state index in [0.29, 0.717) is 17.1 Å².